The lowest BCUT2D eigenvalue weighted by molar-refractivity contribution is 0.103. The zero-order chi connectivity index (χ0) is 14.2. The molecule has 4 heteroatoms. The summed E-state index contributed by atoms with van der Waals surface area (Å²) in [6.07, 6.45) is 0. The number of carbonyl (C=O) groups excluding carboxylic acids is 1. The van der Waals surface area contributed by atoms with E-state index >= 15 is 0 Å². The van der Waals surface area contributed by atoms with Crippen molar-refractivity contribution in [2.45, 2.75) is 13.8 Å². The SMILES string of the molecule is Cc1cccc(C)c1C(=O)c1c(Cl)ccc(Cl)c1Cl. The van der Waals surface area contributed by atoms with Gasteiger partial charge in [-0.2, -0.15) is 0 Å². The highest BCUT2D eigenvalue weighted by molar-refractivity contribution is 6.47. The average molecular weight is 314 g/mol. The second-order valence-corrected chi connectivity index (χ2v) is 5.51. The zero-order valence-corrected chi connectivity index (χ0v) is 12.7. The van der Waals surface area contributed by atoms with Crippen LogP contribution in [0.15, 0.2) is 30.3 Å². The predicted octanol–water partition coefficient (Wildman–Crippen LogP) is 5.49. The largest absolute Gasteiger partial charge is 0.288 e. The number of carbonyl (C=O) groups is 1. The Kier molecular flexibility index (Phi) is 4.19. The van der Waals surface area contributed by atoms with Crippen molar-refractivity contribution in [2.75, 3.05) is 0 Å². The summed E-state index contributed by atoms with van der Waals surface area (Å²) in [6.45, 7) is 3.76. The second kappa shape index (κ2) is 5.54. The van der Waals surface area contributed by atoms with Gasteiger partial charge in [0.15, 0.2) is 5.78 Å². The summed E-state index contributed by atoms with van der Waals surface area (Å²) < 4.78 is 0. The smallest absolute Gasteiger partial charge is 0.196 e. The van der Waals surface area contributed by atoms with Gasteiger partial charge in [-0.3, -0.25) is 4.79 Å². The fourth-order valence-corrected chi connectivity index (χ4v) is 2.73. The third-order valence-corrected chi connectivity index (χ3v) is 4.10. The Balaban J connectivity index is 2.67. The van der Waals surface area contributed by atoms with Crippen LogP contribution in [-0.2, 0) is 0 Å². The third-order valence-electron chi connectivity index (χ3n) is 2.98. The molecule has 0 fully saturated rings. The van der Waals surface area contributed by atoms with Crippen LogP contribution in [0.25, 0.3) is 0 Å². The lowest BCUT2D eigenvalue weighted by Crippen LogP contribution is -2.08. The molecular weight excluding hydrogens is 303 g/mol. The number of aryl methyl sites for hydroxylation is 2. The molecule has 0 atom stereocenters. The molecule has 0 heterocycles. The maximum atomic E-state index is 12.7. The molecular formula is C15H11Cl3O. The van der Waals surface area contributed by atoms with Crippen molar-refractivity contribution >= 4 is 40.6 Å². The predicted molar refractivity (Wildman–Crippen MR) is 80.8 cm³/mol. The van der Waals surface area contributed by atoms with Crippen molar-refractivity contribution in [3.63, 3.8) is 0 Å². The van der Waals surface area contributed by atoms with Crippen molar-refractivity contribution in [1.82, 2.24) is 0 Å². The molecule has 0 bridgehead atoms. The van der Waals surface area contributed by atoms with Crippen molar-refractivity contribution in [3.8, 4) is 0 Å². The van der Waals surface area contributed by atoms with Crippen molar-refractivity contribution in [1.29, 1.82) is 0 Å². The molecule has 0 saturated carbocycles. The lowest BCUT2D eigenvalue weighted by Gasteiger charge is -2.11. The van der Waals surface area contributed by atoms with Crippen LogP contribution in [0.5, 0.6) is 0 Å². The number of halogens is 3. The van der Waals surface area contributed by atoms with Crippen molar-refractivity contribution in [3.05, 3.63) is 67.7 Å². The summed E-state index contributed by atoms with van der Waals surface area (Å²) >= 11 is 18.2. The molecule has 0 aliphatic heterocycles. The first-order valence-corrected chi connectivity index (χ1v) is 6.81. The number of rotatable bonds is 2. The minimum atomic E-state index is -0.201. The Labute approximate surface area is 127 Å². The van der Waals surface area contributed by atoms with Crippen LogP contribution in [0.2, 0.25) is 15.1 Å². The Morgan fingerprint density at radius 1 is 0.842 bits per heavy atom. The van der Waals surface area contributed by atoms with Gasteiger partial charge in [-0.1, -0.05) is 53.0 Å². The maximum absolute atomic E-state index is 12.7. The van der Waals surface area contributed by atoms with E-state index in [0.717, 1.165) is 11.1 Å². The van der Waals surface area contributed by atoms with Gasteiger partial charge < -0.3 is 0 Å². The minimum Gasteiger partial charge on any atom is -0.288 e. The molecule has 0 aliphatic rings. The van der Waals surface area contributed by atoms with Crippen LogP contribution >= 0.6 is 34.8 Å². The van der Waals surface area contributed by atoms with E-state index in [1.807, 2.05) is 32.0 Å². The first-order chi connectivity index (χ1) is 8.93. The minimum absolute atomic E-state index is 0.196. The standard InChI is InChI=1S/C15H11Cl3O/c1-8-4-3-5-9(2)12(8)15(19)13-10(16)6-7-11(17)14(13)18/h3-7H,1-2H3. The molecule has 2 aromatic rings. The first-order valence-electron chi connectivity index (χ1n) is 5.68. The number of ketones is 1. The normalized spacial score (nSPS) is 10.6. The monoisotopic (exact) mass is 312 g/mol. The van der Waals surface area contributed by atoms with E-state index in [1.165, 1.54) is 0 Å². The van der Waals surface area contributed by atoms with Gasteiger partial charge in [0.25, 0.3) is 0 Å². The maximum Gasteiger partial charge on any atom is 0.196 e. The summed E-state index contributed by atoms with van der Waals surface area (Å²) in [5.41, 5.74) is 2.65. The molecule has 1 nitrogen and oxygen atoms in total. The highest BCUT2D eigenvalue weighted by Gasteiger charge is 2.21. The first kappa shape index (κ1) is 14.4. The number of hydrogen-bond donors (Lipinski definition) is 0. The van der Waals surface area contributed by atoms with Crippen LogP contribution in [0.4, 0.5) is 0 Å². The topological polar surface area (TPSA) is 17.1 Å². The van der Waals surface area contributed by atoms with Gasteiger partial charge >= 0.3 is 0 Å². The molecule has 2 aromatic carbocycles. The van der Waals surface area contributed by atoms with Gasteiger partial charge in [-0.05, 0) is 37.1 Å². The Morgan fingerprint density at radius 2 is 1.37 bits per heavy atom. The van der Waals surface area contributed by atoms with Crippen LogP contribution in [-0.4, -0.2) is 5.78 Å². The summed E-state index contributed by atoms with van der Waals surface area (Å²) in [4.78, 5) is 12.7. The van der Waals surface area contributed by atoms with E-state index in [1.54, 1.807) is 12.1 Å². The number of benzene rings is 2. The van der Waals surface area contributed by atoms with E-state index < -0.39 is 0 Å². The van der Waals surface area contributed by atoms with Gasteiger partial charge in [0.2, 0.25) is 0 Å². The highest BCUT2D eigenvalue weighted by Crippen LogP contribution is 2.34. The molecule has 19 heavy (non-hydrogen) atoms. The molecule has 0 aliphatic carbocycles. The molecule has 0 unspecified atom stereocenters. The fourth-order valence-electron chi connectivity index (χ4n) is 2.03. The van der Waals surface area contributed by atoms with Gasteiger partial charge in [-0.25, -0.2) is 0 Å². The third kappa shape index (κ3) is 2.64. The van der Waals surface area contributed by atoms with Gasteiger partial charge in [0.05, 0.1) is 20.6 Å². The van der Waals surface area contributed by atoms with E-state index in [2.05, 4.69) is 0 Å². The summed E-state index contributed by atoms with van der Waals surface area (Å²) in [7, 11) is 0. The van der Waals surface area contributed by atoms with E-state index in [0.29, 0.717) is 15.6 Å². The summed E-state index contributed by atoms with van der Waals surface area (Å²) in [5, 5.41) is 0.824. The van der Waals surface area contributed by atoms with Crippen LogP contribution in [0.1, 0.15) is 27.0 Å². The quantitative estimate of drug-likeness (QED) is 0.529. The molecule has 98 valence electrons. The van der Waals surface area contributed by atoms with Gasteiger partial charge in [0, 0.05) is 5.56 Å². The molecule has 0 aromatic heterocycles. The van der Waals surface area contributed by atoms with E-state index in [-0.39, 0.29) is 16.4 Å². The molecule has 0 radical (unpaired) electrons. The van der Waals surface area contributed by atoms with Crippen LogP contribution in [0.3, 0.4) is 0 Å². The summed E-state index contributed by atoms with van der Waals surface area (Å²) in [6, 6.07) is 8.83. The van der Waals surface area contributed by atoms with Crippen molar-refractivity contribution in [2.24, 2.45) is 0 Å². The lowest BCUT2D eigenvalue weighted by atomic mass is 9.95. The zero-order valence-electron chi connectivity index (χ0n) is 10.4. The average Bonchev–Trinajstić information content (AvgIpc) is 2.34. The molecule has 0 saturated heterocycles. The Hall–Kier alpha value is -1.02. The van der Waals surface area contributed by atoms with E-state index in [4.69, 9.17) is 34.8 Å². The van der Waals surface area contributed by atoms with Gasteiger partial charge in [0.1, 0.15) is 0 Å². The second-order valence-electron chi connectivity index (χ2n) is 4.31. The molecule has 0 amide bonds. The van der Waals surface area contributed by atoms with Gasteiger partial charge in [-0.15, -0.1) is 0 Å². The van der Waals surface area contributed by atoms with Crippen LogP contribution in [0, 0.1) is 13.8 Å². The van der Waals surface area contributed by atoms with E-state index in [9.17, 15) is 4.79 Å². The Morgan fingerprint density at radius 3 is 1.95 bits per heavy atom. The van der Waals surface area contributed by atoms with Crippen LogP contribution < -0.4 is 0 Å². The molecule has 0 N–H and O–H groups in total. The Bertz CT molecular complexity index is 642. The summed E-state index contributed by atoms with van der Waals surface area (Å²) in [5.74, 6) is -0.201. The fraction of sp³-hybridized carbons (Fsp3) is 0.133. The highest BCUT2D eigenvalue weighted by atomic mass is 35.5. The molecule has 0 spiro atoms. The molecule has 2 rings (SSSR count). The number of hydrogen-bond acceptors (Lipinski definition) is 1. The van der Waals surface area contributed by atoms with Crippen molar-refractivity contribution < 1.29 is 4.79 Å².